The summed E-state index contributed by atoms with van der Waals surface area (Å²) in [5.41, 5.74) is 2.20. The lowest BCUT2D eigenvalue weighted by atomic mass is 10.1. The maximum Gasteiger partial charge on any atom is 0.241 e. The molecule has 0 radical (unpaired) electrons. The van der Waals surface area contributed by atoms with E-state index >= 15 is 0 Å². The molecule has 0 atom stereocenters. The zero-order valence-electron chi connectivity index (χ0n) is 12.0. The van der Waals surface area contributed by atoms with Crippen molar-refractivity contribution in [2.24, 2.45) is 0 Å². The van der Waals surface area contributed by atoms with Gasteiger partial charge in [0.1, 0.15) is 0 Å². The van der Waals surface area contributed by atoms with Gasteiger partial charge in [-0.15, -0.1) is 0 Å². The molecule has 1 heterocycles. The van der Waals surface area contributed by atoms with Gasteiger partial charge >= 0.3 is 0 Å². The highest BCUT2D eigenvalue weighted by molar-refractivity contribution is 7.89. The maximum atomic E-state index is 12.4. The summed E-state index contributed by atoms with van der Waals surface area (Å²) in [6.45, 7) is 2.51. The van der Waals surface area contributed by atoms with Crippen LogP contribution in [0.4, 0.5) is 0 Å². The molecule has 6 nitrogen and oxygen atoms in total. The van der Waals surface area contributed by atoms with Crippen LogP contribution in [-0.2, 0) is 23.1 Å². The van der Waals surface area contributed by atoms with Gasteiger partial charge in [-0.05, 0) is 43.3 Å². The van der Waals surface area contributed by atoms with E-state index in [9.17, 15) is 8.42 Å². The first kappa shape index (κ1) is 15.6. The van der Waals surface area contributed by atoms with Crippen molar-refractivity contribution in [1.82, 2.24) is 20.2 Å². The Morgan fingerprint density at radius 3 is 2.67 bits per heavy atom. The fourth-order valence-electron chi connectivity index (χ4n) is 1.92. The molecule has 0 fully saturated rings. The van der Waals surface area contributed by atoms with E-state index in [0.29, 0.717) is 22.7 Å². The third-order valence-electron chi connectivity index (χ3n) is 2.99. The number of aryl methyl sites for hydroxylation is 1. The lowest BCUT2D eigenvalue weighted by molar-refractivity contribution is 0.579. The van der Waals surface area contributed by atoms with E-state index in [0.717, 1.165) is 5.56 Å². The molecule has 1 aromatic carbocycles. The monoisotopic (exact) mass is 306 g/mol. The fourth-order valence-corrected chi connectivity index (χ4v) is 3.21. The van der Waals surface area contributed by atoms with E-state index in [-0.39, 0.29) is 6.54 Å². The van der Waals surface area contributed by atoms with E-state index in [1.165, 1.54) is 0 Å². The molecule has 1 aromatic heterocycles. The van der Waals surface area contributed by atoms with Crippen LogP contribution < -0.4 is 10.0 Å². The van der Waals surface area contributed by atoms with Crippen LogP contribution in [0, 0.1) is 6.92 Å². The SMILES string of the molecule is CNCc1ccc(C)c(S(=O)(=O)NCc2cccnn2)c1. The minimum Gasteiger partial charge on any atom is -0.316 e. The van der Waals surface area contributed by atoms with Gasteiger partial charge in [0.15, 0.2) is 0 Å². The van der Waals surface area contributed by atoms with Crippen molar-refractivity contribution in [1.29, 1.82) is 0 Å². The molecular weight excluding hydrogens is 288 g/mol. The van der Waals surface area contributed by atoms with Gasteiger partial charge < -0.3 is 5.32 Å². The standard InChI is InChI=1S/C14H18N4O2S/c1-11-5-6-12(9-15-2)8-14(11)21(19,20)17-10-13-4-3-7-16-18-13/h3-8,15,17H,9-10H2,1-2H3. The van der Waals surface area contributed by atoms with Crippen LogP contribution in [0.25, 0.3) is 0 Å². The molecule has 0 aliphatic heterocycles. The summed E-state index contributed by atoms with van der Waals surface area (Å²) in [4.78, 5) is 0.291. The molecule has 2 aromatic rings. The van der Waals surface area contributed by atoms with Crippen LogP contribution in [0.3, 0.4) is 0 Å². The third-order valence-corrected chi connectivity index (χ3v) is 4.54. The average Bonchev–Trinajstić information content (AvgIpc) is 2.48. The van der Waals surface area contributed by atoms with Gasteiger partial charge in [0.05, 0.1) is 17.1 Å². The largest absolute Gasteiger partial charge is 0.316 e. The van der Waals surface area contributed by atoms with Crippen molar-refractivity contribution in [3.05, 3.63) is 53.3 Å². The van der Waals surface area contributed by atoms with E-state index < -0.39 is 10.0 Å². The Morgan fingerprint density at radius 2 is 2.00 bits per heavy atom. The van der Waals surface area contributed by atoms with Crippen LogP contribution in [0.1, 0.15) is 16.8 Å². The van der Waals surface area contributed by atoms with Gasteiger partial charge in [-0.1, -0.05) is 12.1 Å². The van der Waals surface area contributed by atoms with Gasteiger partial charge in [-0.25, -0.2) is 13.1 Å². The van der Waals surface area contributed by atoms with Crippen molar-refractivity contribution in [2.75, 3.05) is 7.05 Å². The molecule has 2 rings (SSSR count). The smallest absolute Gasteiger partial charge is 0.241 e. The van der Waals surface area contributed by atoms with Gasteiger partial charge in [0, 0.05) is 12.7 Å². The number of aromatic nitrogens is 2. The highest BCUT2D eigenvalue weighted by atomic mass is 32.2. The maximum absolute atomic E-state index is 12.4. The van der Waals surface area contributed by atoms with E-state index in [4.69, 9.17) is 0 Å². The zero-order valence-corrected chi connectivity index (χ0v) is 12.8. The fraction of sp³-hybridized carbons (Fsp3) is 0.286. The van der Waals surface area contributed by atoms with Gasteiger partial charge in [0.25, 0.3) is 0 Å². The molecule has 7 heteroatoms. The summed E-state index contributed by atoms with van der Waals surface area (Å²) < 4.78 is 27.4. The predicted octanol–water partition coefficient (Wildman–Crippen LogP) is 0.983. The summed E-state index contributed by atoms with van der Waals surface area (Å²) in [5, 5.41) is 10.6. The Labute approximate surface area is 124 Å². The molecule has 112 valence electrons. The van der Waals surface area contributed by atoms with E-state index in [1.807, 2.05) is 19.2 Å². The predicted molar refractivity (Wildman–Crippen MR) is 80.0 cm³/mol. The number of benzene rings is 1. The number of rotatable bonds is 6. The second-order valence-electron chi connectivity index (χ2n) is 4.67. The van der Waals surface area contributed by atoms with Crippen LogP contribution in [-0.4, -0.2) is 25.7 Å². The van der Waals surface area contributed by atoms with Crippen molar-refractivity contribution >= 4 is 10.0 Å². The molecule has 0 aliphatic rings. The van der Waals surface area contributed by atoms with Crippen LogP contribution in [0.15, 0.2) is 41.4 Å². The molecule has 0 saturated heterocycles. The molecule has 21 heavy (non-hydrogen) atoms. The number of sulfonamides is 1. The molecule has 0 spiro atoms. The Morgan fingerprint density at radius 1 is 1.19 bits per heavy atom. The number of hydrogen-bond donors (Lipinski definition) is 2. The van der Waals surface area contributed by atoms with Crippen molar-refractivity contribution < 1.29 is 8.42 Å². The summed E-state index contributed by atoms with van der Waals surface area (Å²) in [6.07, 6.45) is 1.55. The number of nitrogens with zero attached hydrogens (tertiary/aromatic N) is 2. The molecule has 0 bridgehead atoms. The summed E-state index contributed by atoms with van der Waals surface area (Å²) in [6, 6.07) is 8.84. The molecular formula is C14H18N4O2S. The first-order valence-electron chi connectivity index (χ1n) is 6.53. The molecule has 0 aliphatic carbocycles. The first-order chi connectivity index (χ1) is 10.0. The van der Waals surface area contributed by atoms with Gasteiger partial charge in [-0.2, -0.15) is 10.2 Å². The van der Waals surface area contributed by atoms with E-state index in [1.54, 1.807) is 31.3 Å². The Hall–Kier alpha value is -1.83. The van der Waals surface area contributed by atoms with Crippen molar-refractivity contribution in [3.8, 4) is 0 Å². The zero-order chi connectivity index (χ0) is 15.3. The summed E-state index contributed by atoms with van der Waals surface area (Å²) in [7, 11) is -1.76. The van der Waals surface area contributed by atoms with Crippen LogP contribution in [0.2, 0.25) is 0 Å². The van der Waals surface area contributed by atoms with Crippen molar-refractivity contribution in [2.45, 2.75) is 24.9 Å². The lowest BCUT2D eigenvalue weighted by Crippen LogP contribution is -2.25. The topological polar surface area (TPSA) is 84.0 Å². The lowest BCUT2D eigenvalue weighted by Gasteiger charge is -2.11. The molecule has 0 unspecified atom stereocenters. The van der Waals surface area contributed by atoms with Crippen LogP contribution >= 0.6 is 0 Å². The third kappa shape index (κ3) is 4.07. The molecule has 2 N–H and O–H groups in total. The Bertz CT molecular complexity index is 702. The van der Waals surface area contributed by atoms with E-state index in [2.05, 4.69) is 20.2 Å². The first-order valence-corrected chi connectivity index (χ1v) is 8.01. The molecule has 0 saturated carbocycles. The highest BCUT2D eigenvalue weighted by Crippen LogP contribution is 2.17. The minimum atomic E-state index is -3.58. The summed E-state index contributed by atoms with van der Waals surface area (Å²) >= 11 is 0. The number of nitrogens with one attached hydrogen (secondary N) is 2. The highest BCUT2D eigenvalue weighted by Gasteiger charge is 2.17. The minimum absolute atomic E-state index is 0.117. The molecule has 0 amide bonds. The van der Waals surface area contributed by atoms with Gasteiger partial charge in [-0.3, -0.25) is 0 Å². The quantitative estimate of drug-likeness (QED) is 0.831. The Balaban J connectivity index is 2.21. The second-order valence-corrected chi connectivity index (χ2v) is 6.41. The second kappa shape index (κ2) is 6.75. The summed E-state index contributed by atoms with van der Waals surface area (Å²) in [5.74, 6) is 0. The van der Waals surface area contributed by atoms with Gasteiger partial charge in [0.2, 0.25) is 10.0 Å². The van der Waals surface area contributed by atoms with Crippen LogP contribution in [0.5, 0.6) is 0 Å². The number of hydrogen-bond acceptors (Lipinski definition) is 5. The average molecular weight is 306 g/mol. The normalized spacial score (nSPS) is 11.5. The van der Waals surface area contributed by atoms with Crippen molar-refractivity contribution in [3.63, 3.8) is 0 Å². The Kier molecular flexibility index (Phi) is 5.00.